The van der Waals surface area contributed by atoms with Gasteiger partial charge in [-0.25, -0.2) is 0 Å². The van der Waals surface area contributed by atoms with Crippen LogP contribution in [-0.4, -0.2) is 33.0 Å². The number of phenolic OH excluding ortho intramolecular Hbond substituents is 1. The highest BCUT2D eigenvalue weighted by Crippen LogP contribution is 2.40. The molecular weight excluding hydrogens is 422 g/mol. The number of anilines is 1. The second-order valence-electron chi connectivity index (χ2n) is 6.59. The molecule has 0 bridgehead atoms. The minimum absolute atomic E-state index is 0.0573. The van der Waals surface area contributed by atoms with E-state index >= 15 is 0 Å². The Hall–Kier alpha value is -3.86. The Morgan fingerprint density at radius 3 is 2.90 bits per heavy atom. The first-order valence-electron chi connectivity index (χ1n) is 9.15. The van der Waals surface area contributed by atoms with Crippen LogP contribution in [0.4, 0.5) is 11.4 Å². The van der Waals surface area contributed by atoms with Gasteiger partial charge < -0.3 is 15.2 Å². The molecule has 0 unspecified atom stereocenters. The molecule has 0 amide bonds. The highest BCUT2D eigenvalue weighted by atomic mass is 32.2. The van der Waals surface area contributed by atoms with Gasteiger partial charge in [-0.1, -0.05) is 30.0 Å². The number of benzene rings is 2. The molecule has 3 aromatic rings. The van der Waals surface area contributed by atoms with Crippen LogP contribution in [0, 0.1) is 10.1 Å². The van der Waals surface area contributed by atoms with Crippen molar-refractivity contribution in [3.05, 3.63) is 75.1 Å². The largest absolute Gasteiger partial charge is 0.500 e. The number of aromatic nitrogens is 3. The number of para-hydroxylation sites is 1. The molecule has 0 spiro atoms. The minimum Gasteiger partial charge on any atom is -0.500 e. The van der Waals surface area contributed by atoms with Gasteiger partial charge in [0.1, 0.15) is 0 Å². The van der Waals surface area contributed by atoms with Gasteiger partial charge in [0.2, 0.25) is 10.9 Å². The lowest BCUT2D eigenvalue weighted by molar-refractivity contribution is -0.759. The maximum absolute atomic E-state index is 13.0. The quantitative estimate of drug-likeness (QED) is 0.175. The average molecular weight is 440 g/mol. The maximum atomic E-state index is 13.0. The Labute approximate surface area is 180 Å². The fraction of sp³-hybridized carbons (Fsp3) is 0.150. The number of hydrogen-bond donors (Lipinski definition) is 3. The normalized spacial score (nSPS) is 14.2. The van der Waals surface area contributed by atoms with E-state index < -0.39 is 22.5 Å². The minimum atomic E-state index is -0.761. The maximum Gasteiger partial charge on any atom is 0.325 e. The molecule has 0 saturated heterocycles. The van der Waals surface area contributed by atoms with Gasteiger partial charge in [0, 0.05) is 16.9 Å². The third-order valence-corrected chi connectivity index (χ3v) is 5.59. The molecule has 2 aromatic carbocycles. The van der Waals surface area contributed by atoms with E-state index in [9.17, 15) is 20.0 Å². The number of nitrogens with one attached hydrogen (secondary N) is 2. The lowest BCUT2D eigenvalue weighted by Gasteiger charge is -2.22. The summed E-state index contributed by atoms with van der Waals surface area (Å²) in [6.45, 7) is 3.67. The topological polar surface area (TPSA) is 134 Å². The molecule has 0 fully saturated rings. The van der Waals surface area contributed by atoms with Crippen LogP contribution in [0.1, 0.15) is 11.7 Å². The molecular formula is C20H18N5O5S+. The van der Waals surface area contributed by atoms with Gasteiger partial charge in [0.25, 0.3) is 6.17 Å². The van der Waals surface area contributed by atoms with Crippen LogP contribution in [-0.2, 0) is 0 Å². The van der Waals surface area contributed by atoms with Crippen LogP contribution in [0.5, 0.6) is 11.5 Å². The van der Waals surface area contributed by atoms with Crippen LogP contribution in [0.2, 0.25) is 0 Å². The zero-order valence-electron chi connectivity index (χ0n) is 16.4. The van der Waals surface area contributed by atoms with Crippen molar-refractivity contribution in [3.63, 3.8) is 0 Å². The second kappa shape index (κ2) is 8.11. The van der Waals surface area contributed by atoms with E-state index in [1.54, 1.807) is 24.3 Å². The Morgan fingerprint density at radius 1 is 1.42 bits per heavy atom. The van der Waals surface area contributed by atoms with Gasteiger partial charge in [-0.05, 0) is 22.9 Å². The van der Waals surface area contributed by atoms with Crippen molar-refractivity contribution in [2.45, 2.75) is 11.3 Å². The molecule has 1 aliphatic rings. The number of aromatic amines is 1. The van der Waals surface area contributed by atoms with Crippen molar-refractivity contribution in [3.8, 4) is 22.8 Å². The number of H-pyrrole nitrogens is 1. The molecule has 1 aliphatic heterocycles. The highest BCUT2D eigenvalue weighted by Gasteiger charge is 2.39. The summed E-state index contributed by atoms with van der Waals surface area (Å²) < 4.78 is 6.62. The van der Waals surface area contributed by atoms with E-state index in [0.717, 1.165) is 0 Å². The van der Waals surface area contributed by atoms with Crippen molar-refractivity contribution < 1.29 is 19.4 Å². The number of thioether (sulfide) groups is 1. The summed E-state index contributed by atoms with van der Waals surface area (Å²) in [5.74, 6) is -0.0907. The third-order valence-electron chi connectivity index (χ3n) is 4.73. The first-order chi connectivity index (χ1) is 14.9. The number of hydrogen-bond acceptors (Lipinski definition) is 8. The molecule has 0 radical (unpaired) electrons. The van der Waals surface area contributed by atoms with Crippen molar-refractivity contribution in [1.82, 2.24) is 10.1 Å². The molecule has 10 nitrogen and oxygen atoms in total. The van der Waals surface area contributed by atoms with Gasteiger partial charge in [-0.3, -0.25) is 19.9 Å². The molecule has 1 atom stereocenters. The molecule has 1 aromatic heterocycles. The first kappa shape index (κ1) is 20.4. The van der Waals surface area contributed by atoms with Gasteiger partial charge in [0.05, 0.1) is 28.8 Å². The summed E-state index contributed by atoms with van der Waals surface area (Å²) in [6, 6.07) is 9.92. The SMILES string of the molecule is C=CCSc1n[n+]2c(c(=O)[nH]1)-c1ccccc1N[C@@H]2c1cc(OC)c(O)c([N+](=O)[O-])c1. The molecule has 3 N–H and O–H groups in total. The van der Waals surface area contributed by atoms with E-state index in [4.69, 9.17) is 4.74 Å². The molecule has 4 rings (SSSR count). The summed E-state index contributed by atoms with van der Waals surface area (Å²) >= 11 is 1.30. The Balaban J connectivity index is 1.96. The summed E-state index contributed by atoms with van der Waals surface area (Å²) in [7, 11) is 1.31. The van der Waals surface area contributed by atoms with E-state index in [2.05, 4.69) is 22.0 Å². The predicted molar refractivity (Wildman–Crippen MR) is 114 cm³/mol. The molecule has 31 heavy (non-hydrogen) atoms. The van der Waals surface area contributed by atoms with Crippen LogP contribution in [0.3, 0.4) is 0 Å². The van der Waals surface area contributed by atoms with Crippen molar-refractivity contribution in [1.29, 1.82) is 0 Å². The first-order valence-corrected chi connectivity index (χ1v) is 10.1. The van der Waals surface area contributed by atoms with Crippen molar-refractivity contribution in [2.75, 3.05) is 18.2 Å². The number of nitro benzene ring substituents is 1. The fourth-order valence-corrected chi connectivity index (χ4v) is 3.97. The van der Waals surface area contributed by atoms with Crippen LogP contribution < -0.4 is 20.3 Å². The van der Waals surface area contributed by atoms with E-state index in [1.807, 2.05) is 6.07 Å². The standard InChI is InChI=1S/C20H17N5O5S/c1-3-8-31-20-22-19(27)16-12-6-4-5-7-13(12)21-18(24(16)23-20)11-9-14(25(28)29)17(26)15(10-11)30-2/h3-7,9-10,18H,1,8H2,2H3,(H2,22,23,26,27)/p+1/t18-/m0/s1. The summed E-state index contributed by atoms with van der Waals surface area (Å²) in [5.41, 5.74) is 1.15. The van der Waals surface area contributed by atoms with Gasteiger partial charge in [-0.2, -0.15) is 0 Å². The molecule has 0 saturated carbocycles. The number of nitrogens with zero attached hydrogens (tertiary/aromatic N) is 3. The number of nitro groups is 1. The lowest BCUT2D eigenvalue weighted by atomic mass is 10.0. The van der Waals surface area contributed by atoms with Crippen molar-refractivity contribution in [2.24, 2.45) is 0 Å². The molecule has 2 heterocycles. The smallest absolute Gasteiger partial charge is 0.325 e. The number of ether oxygens (including phenoxy) is 1. The summed E-state index contributed by atoms with van der Waals surface area (Å²) in [6.07, 6.45) is 0.928. The average Bonchev–Trinajstić information content (AvgIpc) is 2.76. The van der Waals surface area contributed by atoms with E-state index in [1.165, 1.54) is 35.7 Å². The Morgan fingerprint density at radius 2 is 2.19 bits per heavy atom. The van der Waals surface area contributed by atoms with Crippen molar-refractivity contribution >= 4 is 23.1 Å². The molecule has 158 valence electrons. The monoisotopic (exact) mass is 440 g/mol. The third kappa shape index (κ3) is 3.59. The summed E-state index contributed by atoms with van der Waals surface area (Å²) in [5, 5.41) is 29.8. The lowest BCUT2D eigenvalue weighted by Crippen LogP contribution is -2.55. The predicted octanol–water partition coefficient (Wildman–Crippen LogP) is 2.60. The highest BCUT2D eigenvalue weighted by molar-refractivity contribution is 7.99. The van der Waals surface area contributed by atoms with Crippen LogP contribution >= 0.6 is 11.8 Å². The zero-order chi connectivity index (χ0) is 22.1. The van der Waals surface area contributed by atoms with E-state index in [-0.39, 0.29) is 11.3 Å². The second-order valence-corrected chi connectivity index (χ2v) is 7.60. The Kier molecular flexibility index (Phi) is 5.34. The summed E-state index contributed by atoms with van der Waals surface area (Å²) in [4.78, 5) is 26.5. The number of fused-ring (bicyclic) bond motifs is 3. The van der Waals surface area contributed by atoms with Crippen LogP contribution in [0.25, 0.3) is 11.3 Å². The number of rotatable bonds is 6. The van der Waals surface area contributed by atoms with Gasteiger partial charge in [0.15, 0.2) is 5.75 Å². The van der Waals surface area contributed by atoms with Crippen LogP contribution in [0.15, 0.2) is 59.0 Å². The number of methoxy groups -OCH3 is 1. The zero-order valence-corrected chi connectivity index (χ0v) is 17.2. The van der Waals surface area contributed by atoms with Gasteiger partial charge >= 0.3 is 16.9 Å². The molecule has 11 heteroatoms. The Bertz CT molecular complexity index is 1260. The molecule has 0 aliphatic carbocycles. The number of aromatic hydroxyl groups is 1. The van der Waals surface area contributed by atoms with Gasteiger partial charge in [-0.15, -0.1) is 6.58 Å². The number of phenols is 1. The fourth-order valence-electron chi connectivity index (χ4n) is 3.38. The van der Waals surface area contributed by atoms with E-state index in [0.29, 0.717) is 33.4 Å².